The van der Waals surface area contributed by atoms with E-state index < -0.39 is 0 Å². The molecule has 5 nitrogen and oxygen atoms in total. The van der Waals surface area contributed by atoms with Crippen molar-refractivity contribution in [1.82, 2.24) is 19.7 Å². The summed E-state index contributed by atoms with van der Waals surface area (Å²) in [6.07, 6.45) is 5.96. The topological polar surface area (TPSA) is 35.8 Å². The number of halogens is 1. The van der Waals surface area contributed by atoms with Gasteiger partial charge in [-0.2, -0.15) is 0 Å². The van der Waals surface area contributed by atoms with E-state index in [4.69, 9.17) is 0 Å². The van der Waals surface area contributed by atoms with Crippen molar-refractivity contribution in [1.29, 1.82) is 0 Å². The van der Waals surface area contributed by atoms with E-state index >= 15 is 0 Å². The predicted octanol–water partition coefficient (Wildman–Crippen LogP) is 2.53. The lowest BCUT2D eigenvalue weighted by Gasteiger charge is -2.29. The van der Waals surface area contributed by atoms with Gasteiger partial charge in [0.25, 0.3) is 0 Å². The summed E-state index contributed by atoms with van der Waals surface area (Å²) in [5, 5.41) is 3.52. The minimum Gasteiger partial charge on any atom is -0.356 e. The lowest BCUT2D eigenvalue weighted by molar-refractivity contribution is 0.212. The first-order valence-electron chi connectivity index (χ1n) is 8.40. The highest BCUT2D eigenvalue weighted by Gasteiger charge is 2.16. The molecule has 1 aromatic rings. The molecule has 2 rings (SSSR count). The minimum atomic E-state index is 0.843. The van der Waals surface area contributed by atoms with Crippen LogP contribution in [-0.2, 0) is 13.6 Å². The summed E-state index contributed by atoms with van der Waals surface area (Å²) in [6.45, 7) is 4.32. The lowest BCUT2D eigenvalue weighted by Crippen LogP contribution is -2.40. The van der Waals surface area contributed by atoms with Gasteiger partial charge in [-0.3, -0.25) is 4.99 Å². The zero-order valence-corrected chi connectivity index (χ0v) is 16.4. The highest BCUT2D eigenvalue weighted by molar-refractivity contribution is 9.10. The number of hydrogen-bond acceptors (Lipinski definition) is 2. The Kier molecular flexibility index (Phi) is 6.96. The molecular formula is C17H30BrN5. The van der Waals surface area contributed by atoms with Crippen molar-refractivity contribution in [3.63, 3.8) is 0 Å². The summed E-state index contributed by atoms with van der Waals surface area (Å²) in [7, 11) is 8.23. The molecule has 1 fully saturated rings. The number of nitrogens with one attached hydrogen (secondary N) is 1. The van der Waals surface area contributed by atoms with Gasteiger partial charge in [0, 0.05) is 44.1 Å². The Morgan fingerprint density at radius 2 is 2.09 bits per heavy atom. The van der Waals surface area contributed by atoms with Gasteiger partial charge in [-0.05, 0) is 67.3 Å². The van der Waals surface area contributed by atoms with E-state index in [0.29, 0.717) is 0 Å². The second kappa shape index (κ2) is 8.73. The normalized spacial score (nSPS) is 17.5. The highest BCUT2D eigenvalue weighted by atomic mass is 79.9. The van der Waals surface area contributed by atoms with E-state index in [-0.39, 0.29) is 0 Å². The molecule has 1 saturated heterocycles. The average molecular weight is 384 g/mol. The van der Waals surface area contributed by atoms with Crippen LogP contribution in [0.4, 0.5) is 0 Å². The number of piperidine rings is 1. The first-order chi connectivity index (χ1) is 11.0. The number of aliphatic imine (C=N–C) groups is 1. The van der Waals surface area contributed by atoms with Gasteiger partial charge in [-0.1, -0.05) is 0 Å². The number of nitrogens with zero attached hydrogens (tertiary/aromatic N) is 4. The molecule has 0 saturated carbocycles. The minimum absolute atomic E-state index is 0.843. The number of aromatic nitrogens is 1. The number of rotatable bonds is 5. The van der Waals surface area contributed by atoms with Gasteiger partial charge in [0.1, 0.15) is 0 Å². The summed E-state index contributed by atoms with van der Waals surface area (Å²) in [5.74, 6) is 1.82. The molecular weight excluding hydrogens is 354 g/mol. The first kappa shape index (κ1) is 18.3. The molecule has 130 valence electrons. The standard InChI is InChI=1S/C17H30BrN5/c1-19-17(20-8-5-14-6-9-21(2)10-7-14)23(4)13-16-11-15(18)12-22(16)3/h11-12,14H,5-10,13H2,1-4H3,(H,19,20). The van der Waals surface area contributed by atoms with Crippen molar-refractivity contribution in [3.05, 3.63) is 22.4 Å². The van der Waals surface area contributed by atoms with Gasteiger partial charge < -0.3 is 19.7 Å². The Balaban J connectivity index is 1.77. The maximum Gasteiger partial charge on any atom is 0.193 e. The summed E-state index contributed by atoms with van der Waals surface area (Å²) >= 11 is 3.53. The van der Waals surface area contributed by atoms with Gasteiger partial charge in [0.15, 0.2) is 5.96 Å². The molecule has 0 radical (unpaired) electrons. The van der Waals surface area contributed by atoms with E-state index in [9.17, 15) is 0 Å². The van der Waals surface area contributed by atoms with Gasteiger partial charge in [-0.25, -0.2) is 0 Å². The molecule has 0 bridgehead atoms. The van der Waals surface area contributed by atoms with Crippen LogP contribution in [-0.4, -0.2) is 61.1 Å². The summed E-state index contributed by atoms with van der Waals surface area (Å²) in [4.78, 5) is 9.02. The Hall–Kier alpha value is -1.01. The van der Waals surface area contributed by atoms with Gasteiger partial charge in [0.05, 0.1) is 6.54 Å². The fourth-order valence-electron chi connectivity index (χ4n) is 3.16. The van der Waals surface area contributed by atoms with Crippen molar-refractivity contribution < 1.29 is 0 Å². The average Bonchev–Trinajstić information content (AvgIpc) is 2.83. The largest absolute Gasteiger partial charge is 0.356 e. The molecule has 0 aliphatic carbocycles. The molecule has 0 amide bonds. The summed E-state index contributed by atoms with van der Waals surface area (Å²) < 4.78 is 3.26. The molecule has 0 atom stereocenters. The number of guanidine groups is 1. The first-order valence-corrected chi connectivity index (χ1v) is 9.20. The second-order valence-corrected chi connectivity index (χ2v) is 7.54. The van der Waals surface area contributed by atoms with Crippen molar-refractivity contribution in [2.75, 3.05) is 40.8 Å². The van der Waals surface area contributed by atoms with Crippen LogP contribution in [0, 0.1) is 5.92 Å². The van der Waals surface area contributed by atoms with Crippen LogP contribution in [0.5, 0.6) is 0 Å². The maximum absolute atomic E-state index is 4.42. The van der Waals surface area contributed by atoms with Crippen molar-refractivity contribution in [2.24, 2.45) is 18.0 Å². The van der Waals surface area contributed by atoms with E-state index in [1.165, 1.54) is 38.0 Å². The third kappa shape index (κ3) is 5.53. The molecule has 0 aromatic carbocycles. The Morgan fingerprint density at radius 3 is 2.65 bits per heavy atom. The van der Waals surface area contributed by atoms with E-state index in [0.717, 1.165) is 29.4 Å². The van der Waals surface area contributed by atoms with Gasteiger partial charge in [0.2, 0.25) is 0 Å². The van der Waals surface area contributed by atoms with E-state index in [1.807, 2.05) is 7.05 Å². The molecule has 1 aromatic heterocycles. The molecule has 0 unspecified atom stereocenters. The van der Waals surface area contributed by atoms with Crippen molar-refractivity contribution in [2.45, 2.75) is 25.8 Å². The Morgan fingerprint density at radius 1 is 1.39 bits per heavy atom. The van der Waals surface area contributed by atoms with Crippen LogP contribution in [0.2, 0.25) is 0 Å². The van der Waals surface area contributed by atoms with Crippen molar-refractivity contribution in [3.8, 4) is 0 Å². The van der Waals surface area contributed by atoms with Crippen LogP contribution in [0.1, 0.15) is 25.0 Å². The summed E-state index contributed by atoms with van der Waals surface area (Å²) in [5.41, 5.74) is 1.26. The second-order valence-electron chi connectivity index (χ2n) is 6.63. The van der Waals surface area contributed by atoms with E-state index in [2.05, 4.69) is 74.0 Å². The van der Waals surface area contributed by atoms with Crippen LogP contribution < -0.4 is 5.32 Å². The van der Waals surface area contributed by atoms with Crippen molar-refractivity contribution >= 4 is 21.9 Å². The Labute approximate surface area is 148 Å². The number of likely N-dealkylation sites (tertiary alicyclic amines) is 1. The molecule has 1 N–H and O–H groups in total. The molecule has 2 heterocycles. The van der Waals surface area contributed by atoms with E-state index in [1.54, 1.807) is 0 Å². The predicted molar refractivity (Wildman–Crippen MR) is 101 cm³/mol. The monoisotopic (exact) mass is 383 g/mol. The zero-order valence-electron chi connectivity index (χ0n) is 14.8. The van der Waals surface area contributed by atoms with Crippen LogP contribution >= 0.6 is 15.9 Å². The fourth-order valence-corrected chi connectivity index (χ4v) is 3.74. The van der Waals surface area contributed by atoms with Crippen LogP contribution in [0.25, 0.3) is 0 Å². The van der Waals surface area contributed by atoms with Gasteiger partial charge >= 0.3 is 0 Å². The number of hydrogen-bond donors (Lipinski definition) is 1. The summed E-state index contributed by atoms with van der Waals surface area (Å²) in [6, 6.07) is 2.16. The third-order valence-electron chi connectivity index (χ3n) is 4.72. The van der Waals surface area contributed by atoms with Crippen LogP contribution in [0.15, 0.2) is 21.7 Å². The zero-order chi connectivity index (χ0) is 16.8. The highest BCUT2D eigenvalue weighted by Crippen LogP contribution is 2.19. The number of aryl methyl sites for hydroxylation is 1. The SMILES string of the molecule is CN=C(NCCC1CCN(C)CC1)N(C)Cc1cc(Br)cn1C. The molecule has 1 aliphatic heterocycles. The molecule has 0 spiro atoms. The third-order valence-corrected chi connectivity index (χ3v) is 5.15. The molecule has 1 aliphatic rings. The quantitative estimate of drug-likeness (QED) is 0.626. The van der Waals surface area contributed by atoms with Crippen LogP contribution in [0.3, 0.4) is 0 Å². The lowest BCUT2D eigenvalue weighted by atomic mass is 9.94. The molecule has 6 heteroatoms. The smallest absolute Gasteiger partial charge is 0.193 e. The van der Waals surface area contributed by atoms with Gasteiger partial charge in [-0.15, -0.1) is 0 Å². The molecule has 23 heavy (non-hydrogen) atoms. The Bertz CT molecular complexity index is 517. The fraction of sp³-hybridized carbons (Fsp3) is 0.706. The maximum atomic E-state index is 4.42.